The minimum absolute atomic E-state index is 0.110. The summed E-state index contributed by atoms with van der Waals surface area (Å²) < 4.78 is 10.8. The van der Waals surface area contributed by atoms with Crippen LogP contribution in [-0.2, 0) is 13.0 Å². The van der Waals surface area contributed by atoms with Gasteiger partial charge in [0.05, 0.1) is 14.2 Å². The lowest BCUT2D eigenvalue weighted by atomic mass is 9.98. The van der Waals surface area contributed by atoms with E-state index >= 15 is 0 Å². The van der Waals surface area contributed by atoms with Crippen LogP contribution >= 0.6 is 0 Å². The van der Waals surface area contributed by atoms with Gasteiger partial charge in [0.1, 0.15) is 11.5 Å². The van der Waals surface area contributed by atoms with Crippen LogP contribution in [-0.4, -0.2) is 62.7 Å². The van der Waals surface area contributed by atoms with Gasteiger partial charge >= 0.3 is 0 Å². The smallest absolute Gasteiger partial charge is 0.254 e. The molecule has 3 aromatic rings. The lowest BCUT2D eigenvalue weighted by Gasteiger charge is -2.26. The first-order valence-corrected chi connectivity index (χ1v) is 14.3. The van der Waals surface area contributed by atoms with E-state index in [9.17, 15) is 9.59 Å². The SMILES string of the molecule is CCCN(CCC)C(=O)c1cc(OC)cc(C(=O)N[C@@H](Cc2ccccc2)C(N)CNCc2cccc(OC)c2)c1. The lowest BCUT2D eigenvalue weighted by molar-refractivity contribution is 0.0755. The summed E-state index contributed by atoms with van der Waals surface area (Å²) in [6.45, 7) is 6.50. The van der Waals surface area contributed by atoms with Crippen LogP contribution in [0.15, 0.2) is 72.8 Å². The van der Waals surface area contributed by atoms with Gasteiger partial charge in [0.2, 0.25) is 0 Å². The van der Waals surface area contributed by atoms with Gasteiger partial charge in [0, 0.05) is 49.4 Å². The molecule has 3 rings (SSSR count). The zero-order chi connectivity index (χ0) is 29.6. The summed E-state index contributed by atoms with van der Waals surface area (Å²) in [7, 11) is 3.18. The highest BCUT2D eigenvalue weighted by Gasteiger charge is 2.23. The molecule has 0 aromatic heterocycles. The van der Waals surface area contributed by atoms with Crippen molar-refractivity contribution in [3.8, 4) is 11.5 Å². The largest absolute Gasteiger partial charge is 0.497 e. The third-order valence-corrected chi connectivity index (χ3v) is 6.90. The Bertz CT molecular complexity index is 1240. The molecule has 8 nitrogen and oxygen atoms in total. The molecule has 8 heteroatoms. The molecule has 0 spiro atoms. The van der Waals surface area contributed by atoms with Crippen molar-refractivity contribution in [3.63, 3.8) is 0 Å². The van der Waals surface area contributed by atoms with E-state index < -0.39 is 0 Å². The first kappa shape index (κ1) is 31.6. The van der Waals surface area contributed by atoms with Crippen LogP contribution in [0.1, 0.15) is 58.5 Å². The second-order valence-corrected chi connectivity index (χ2v) is 10.2. The molecule has 0 heterocycles. The van der Waals surface area contributed by atoms with Gasteiger partial charge in [-0.2, -0.15) is 0 Å². The molecule has 220 valence electrons. The van der Waals surface area contributed by atoms with Crippen LogP contribution in [0, 0.1) is 0 Å². The lowest BCUT2D eigenvalue weighted by Crippen LogP contribution is -2.53. The zero-order valence-electron chi connectivity index (χ0n) is 24.7. The van der Waals surface area contributed by atoms with Crippen molar-refractivity contribution in [2.75, 3.05) is 33.9 Å². The first-order valence-electron chi connectivity index (χ1n) is 14.3. The van der Waals surface area contributed by atoms with E-state index in [4.69, 9.17) is 15.2 Å². The molecule has 0 aliphatic heterocycles. The summed E-state index contributed by atoms with van der Waals surface area (Å²) in [6, 6.07) is 22.1. The van der Waals surface area contributed by atoms with Crippen molar-refractivity contribution in [3.05, 3.63) is 95.1 Å². The summed E-state index contributed by atoms with van der Waals surface area (Å²) in [4.78, 5) is 28.7. The van der Waals surface area contributed by atoms with Gasteiger partial charge in [-0.05, 0) is 60.7 Å². The predicted molar refractivity (Wildman–Crippen MR) is 164 cm³/mol. The molecule has 3 aromatic carbocycles. The number of amides is 2. The van der Waals surface area contributed by atoms with Gasteiger partial charge in [-0.15, -0.1) is 0 Å². The number of nitrogens with one attached hydrogen (secondary N) is 2. The maximum absolute atomic E-state index is 13.6. The standard InChI is InChI=1S/C33H44N4O4/c1-5-15-37(16-6-2)33(39)27-19-26(20-29(21-27)41-4)32(38)36-31(18-24-11-8-7-9-12-24)30(34)23-35-22-25-13-10-14-28(17-25)40-3/h7-14,17,19-21,30-31,35H,5-6,15-16,18,22-23,34H2,1-4H3,(H,36,38)/t30?,31-/m0/s1. The van der Waals surface area contributed by atoms with Crippen molar-refractivity contribution >= 4 is 11.8 Å². The van der Waals surface area contributed by atoms with E-state index in [0.717, 1.165) is 29.7 Å². The zero-order valence-corrected chi connectivity index (χ0v) is 24.7. The van der Waals surface area contributed by atoms with Crippen LogP contribution < -0.4 is 25.8 Å². The quantitative estimate of drug-likeness (QED) is 0.240. The number of ether oxygens (including phenoxy) is 2. The molecule has 0 bridgehead atoms. The van der Waals surface area contributed by atoms with Gasteiger partial charge in [-0.25, -0.2) is 0 Å². The fourth-order valence-corrected chi connectivity index (χ4v) is 4.75. The minimum Gasteiger partial charge on any atom is -0.497 e. The van der Waals surface area contributed by atoms with Crippen molar-refractivity contribution in [1.82, 2.24) is 15.5 Å². The predicted octanol–water partition coefficient (Wildman–Crippen LogP) is 4.42. The molecule has 0 aliphatic rings. The van der Waals surface area contributed by atoms with Crippen molar-refractivity contribution < 1.29 is 19.1 Å². The number of nitrogens with two attached hydrogens (primary N) is 1. The monoisotopic (exact) mass is 560 g/mol. The molecule has 0 radical (unpaired) electrons. The molecule has 0 fully saturated rings. The first-order chi connectivity index (χ1) is 19.9. The van der Waals surface area contributed by atoms with Crippen molar-refractivity contribution in [2.24, 2.45) is 5.73 Å². The van der Waals surface area contributed by atoms with E-state index in [2.05, 4.69) is 10.6 Å². The van der Waals surface area contributed by atoms with Crippen molar-refractivity contribution in [1.29, 1.82) is 0 Å². The highest BCUT2D eigenvalue weighted by Crippen LogP contribution is 2.20. The Morgan fingerprint density at radius 2 is 1.49 bits per heavy atom. The number of carbonyl (C=O) groups is 2. The fraction of sp³-hybridized carbons (Fsp3) is 0.394. The Labute approximate surface area is 244 Å². The molecule has 0 saturated heterocycles. The summed E-state index contributed by atoms with van der Waals surface area (Å²) in [5.41, 5.74) is 9.60. The minimum atomic E-state index is -0.374. The van der Waals surface area contributed by atoms with E-state index in [1.807, 2.05) is 73.3 Å². The van der Waals surface area contributed by atoms with Gasteiger partial charge in [0.25, 0.3) is 11.8 Å². The van der Waals surface area contributed by atoms with E-state index in [-0.39, 0.29) is 23.9 Å². The molecule has 41 heavy (non-hydrogen) atoms. The summed E-state index contributed by atoms with van der Waals surface area (Å²) in [5, 5.41) is 6.55. The maximum atomic E-state index is 13.6. The number of hydrogen-bond donors (Lipinski definition) is 3. The molecule has 2 atom stereocenters. The Hall–Kier alpha value is -3.88. The number of methoxy groups -OCH3 is 2. The number of carbonyl (C=O) groups excluding carboxylic acids is 2. The number of hydrogen-bond acceptors (Lipinski definition) is 6. The maximum Gasteiger partial charge on any atom is 0.254 e. The van der Waals surface area contributed by atoms with E-state index in [1.165, 1.54) is 7.11 Å². The summed E-state index contributed by atoms with van der Waals surface area (Å²) in [5.74, 6) is 0.838. The summed E-state index contributed by atoms with van der Waals surface area (Å²) >= 11 is 0. The second-order valence-electron chi connectivity index (χ2n) is 10.2. The van der Waals surface area contributed by atoms with Gasteiger partial charge in [0.15, 0.2) is 0 Å². The third-order valence-electron chi connectivity index (χ3n) is 6.90. The molecule has 1 unspecified atom stereocenters. The third kappa shape index (κ3) is 9.62. The average Bonchev–Trinajstić information content (AvgIpc) is 3.00. The fourth-order valence-electron chi connectivity index (χ4n) is 4.75. The average molecular weight is 561 g/mol. The molecule has 0 aliphatic carbocycles. The normalized spacial score (nSPS) is 12.3. The number of nitrogens with zero attached hydrogens (tertiary/aromatic N) is 1. The van der Waals surface area contributed by atoms with Crippen LogP contribution in [0.4, 0.5) is 0 Å². The van der Waals surface area contributed by atoms with E-state index in [1.54, 1.807) is 25.3 Å². The van der Waals surface area contributed by atoms with Crippen molar-refractivity contribution in [2.45, 2.75) is 51.7 Å². The topological polar surface area (TPSA) is 106 Å². The highest BCUT2D eigenvalue weighted by molar-refractivity contribution is 6.00. The summed E-state index contributed by atoms with van der Waals surface area (Å²) in [6.07, 6.45) is 2.27. The number of benzene rings is 3. The van der Waals surface area contributed by atoms with Crippen LogP contribution in [0.25, 0.3) is 0 Å². The molecule has 4 N–H and O–H groups in total. The molecular formula is C33H44N4O4. The van der Waals surface area contributed by atoms with Gasteiger partial charge < -0.3 is 30.7 Å². The second kappa shape index (κ2) is 16.4. The van der Waals surface area contributed by atoms with Gasteiger partial charge in [-0.3, -0.25) is 9.59 Å². The van der Waals surface area contributed by atoms with Crippen LogP contribution in [0.5, 0.6) is 11.5 Å². The molecule has 2 amide bonds. The Balaban J connectivity index is 1.78. The molecular weight excluding hydrogens is 516 g/mol. The Morgan fingerprint density at radius 3 is 2.15 bits per heavy atom. The number of rotatable bonds is 16. The Kier molecular flexibility index (Phi) is 12.7. The Morgan fingerprint density at radius 1 is 0.829 bits per heavy atom. The van der Waals surface area contributed by atoms with Crippen LogP contribution in [0.2, 0.25) is 0 Å². The van der Waals surface area contributed by atoms with E-state index in [0.29, 0.717) is 49.5 Å². The molecule has 0 saturated carbocycles. The van der Waals surface area contributed by atoms with Crippen LogP contribution in [0.3, 0.4) is 0 Å². The van der Waals surface area contributed by atoms with Gasteiger partial charge in [-0.1, -0.05) is 56.3 Å². The highest BCUT2D eigenvalue weighted by atomic mass is 16.5.